The van der Waals surface area contributed by atoms with Gasteiger partial charge in [0.1, 0.15) is 0 Å². The first kappa shape index (κ1) is 12.1. The van der Waals surface area contributed by atoms with E-state index in [1.54, 1.807) is 11.3 Å². The molecule has 0 aromatic carbocycles. The van der Waals surface area contributed by atoms with E-state index in [0.717, 1.165) is 18.1 Å². The summed E-state index contributed by atoms with van der Waals surface area (Å²) in [7, 11) is 2.04. The van der Waals surface area contributed by atoms with Gasteiger partial charge in [-0.3, -0.25) is 9.30 Å². The van der Waals surface area contributed by atoms with Gasteiger partial charge in [-0.1, -0.05) is 6.92 Å². The molecule has 0 bridgehead atoms. The monoisotopic (exact) mass is 264 g/mol. The van der Waals surface area contributed by atoms with Crippen LogP contribution < -0.4 is 5.32 Å². The van der Waals surface area contributed by atoms with Crippen molar-refractivity contribution in [1.29, 1.82) is 0 Å². The molecule has 18 heavy (non-hydrogen) atoms. The van der Waals surface area contributed by atoms with Gasteiger partial charge in [0.2, 0.25) is 0 Å². The van der Waals surface area contributed by atoms with Gasteiger partial charge in [0.15, 0.2) is 4.96 Å². The Morgan fingerprint density at radius 3 is 3.22 bits per heavy atom. The minimum Gasteiger partial charge on any atom is -0.319 e. The largest absolute Gasteiger partial charge is 0.319 e. The zero-order chi connectivity index (χ0) is 12.6. The van der Waals surface area contributed by atoms with Crippen LogP contribution in [0.2, 0.25) is 0 Å². The highest BCUT2D eigenvalue weighted by Crippen LogP contribution is 2.30. The predicted octanol–water partition coefficient (Wildman–Crippen LogP) is 1.83. The number of rotatable bonds is 4. The number of fused-ring (bicyclic) bond motifs is 1. The normalized spacial score (nSPS) is 25.2. The Bertz CT molecular complexity index is 503. The number of aromatic nitrogens is 2. The molecule has 1 fully saturated rings. The summed E-state index contributed by atoms with van der Waals surface area (Å²) >= 11 is 1.70. The van der Waals surface area contributed by atoms with E-state index in [-0.39, 0.29) is 0 Å². The van der Waals surface area contributed by atoms with Gasteiger partial charge in [-0.25, -0.2) is 4.98 Å². The lowest BCUT2D eigenvalue weighted by molar-refractivity contribution is 0.263. The van der Waals surface area contributed by atoms with Gasteiger partial charge in [-0.2, -0.15) is 0 Å². The molecule has 4 nitrogen and oxygen atoms in total. The Balaban J connectivity index is 1.65. The van der Waals surface area contributed by atoms with Crippen LogP contribution in [0.5, 0.6) is 0 Å². The second-order valence-electron chi connectivity index (χ2n) is 5.63. The molecule has 0 spiro atoms. The van der Waals surface area contributed by atoms with Crippen molar-refractivity contribution in [1.82, 2.24) is 19.6 Å². The number of nitrogens with one attached hydrogen (secondary N) is 1. The number of imidazole rings is 1. The van der Waals surface area contributed by atoms with Crippen molar-refractivity contribution < 1.29 is 0 Å². The molecule has 98 valence electrons. The summed E-state index contributed by atoms with van der Waals surface area (Å²) in [5, 5.41) is 5.38. The predicted molar refractivity (Wildman–Crippen MR) is 75.0 cm³/mol. The van der Waals surface area contributed by atoms with Gasteiger partial charge in [0.05, 0.1) is 5.69 Å². The molecule has 1 atom stereocenters. The fourth-order valence-corrected chi connectivity index (χ4v) is 3.63. The SMILES string of the molecule is CNCC1(C)CCN(Cc2cn3ccsc3n2)C1. The third-order valence-electron chi connectivity index (χ3n) is 3.77. The Kier molecular flexibility index (Phi) is 3.13. The maximum absolute atomic E-state index is 4.65. The maximum atomic E-state index is 4.65. The molecular weight excluding hydrogens is 244 g/mol. The Hall–Kier alpha value is -0.910. The van der Waals surface area contributed by atoms with Crippen molar-refractivity contribution in [3.63, 3.8) is 0 Å². The van der Waals surface area contributed by atoms with E-state index in [9.17, 15) is 0 Å². The molecule has 3 rings (SSSR count). The minimum absolute atomic E-state index is 0.422. The van der Waals surface area contributed by atoms with E-state index < -0.39 is 0 Å². The standard InChI is InChI=1S/C13H20N4S/c1-13(9-14-2)3-4-16(10-13)7-11-8-17-5-6-18-12(17)15-11/h5-6,8,14H,3-4,7,9-10H2,1-2H3. The number of nitrogens with zero attached hydrogens (tertiary/aromatic N) is 3. The topological polar surface area (TPSA) is 32.6 Å². The molecule has 2 aromatic heterocycles. The van der Waals surface area contributed by atoms with Crippen molar-refractivity contribution in [2.24, 2.45) is 5.41 Å². The van der Waals surface area contributed by atoms with Crippen LogP contribution in [0, 0.1) is 5.41 Å². The smallest absolute Gasteiger partial charge is 0.193 e. The Morgan fingerprint density at radius 2 is 2.44 bits per heavy atom. The van der Waals surface area contributed by atoms with Crippen LogP contribution >= 0.6 is 11.3 Å². The molecule has 1 N–H and O–H groups in total. The van der Waals surface area contributed by atoms with E-state index in [0.29, 0.717) is 5.41 Å². The van der Waals surface area contributed by atoms with Crippen LogP contribution in [0.1, 0.15) is 19.0 Å². The molecular formula is C13H20N4S. The molecule has 0 aliphatic carbocycles. The van der Waals surface area contributed by atoms with Crippen molar-refractivity contribution in [2.45, 2.75) is 19.9 Å². The lowest BCUT2D eigenvalue weighted by Gasteiger charge is -2.23. The van der Waals surface area contributed by atoms with Gasteiger partial charge in [0.25, 0.3) is 0 Å². The van der Waals surface area contributed by atoms with Crippen molar-refractivity contribution in [3.05, 3.63) is 23.5 Å². The van der Waals surface area contributed by atoms with Crippen LogP contribution in [0.4, 0.5) is 0 Å². The van der Waals surface area contributed by atoms with Gasteiger partial charge in [-0.15, -0.1) is 11.3 Å². The number of hydrogen-bond donors (Lipinski definition) is 1. The van der Waals surface area contributed by atoms with Gasteiger partial charge in [0, 0.05) is 37.4 Å². The highest BCUT2D eigenvalue weighted by Gasteiger charge is 2.33. The quantitative estimate of drug-likeness (QED) is 0.914. The van der Waals surface area contributed by atoms with Gasteiger partial charge >= 0.3 is 0 Å². The molecule has 1 unspecified atom stereocenters. The summed E-state index contributed by atoms with van der Waals surface area (Å²) in [5.74, 6) is 0. The Labute approximate surface area is 112 Å². The lowest BCUT2D eigenvalue weighted by atomic mass is 9.90. The van der Waals surface area contributed by atoms with E-state index >= 15 is 0 Å². The average Bonchev–Trinajstić information content (AvgIpc) is 2.94. The maximum Gasteiger partial charge on any atom is 0.193 e. The summed E-state index contributed by atoms with van der Waals surface area (Å²) in [6.07, 6.45) is 5.50. The summed E-state index contributed by atoms with van der Waals surface area (Å²) in [6.45, 7) is 6.80. The van der Waals surface area contributed by atoms with E-state index in [4.69, 9.17) is 0 Å². The molecule has 0 saturated carbocycles. The second-order valence-corrected chi connectivity index (χ2v) is 6.50. The van der Waals surface area contributed by atoms with Gasteiger partial charge in [-0.05, 0) is 25.4 Å². The highest BCUT2D eigenvalue weighted by molar-refractivity contribution is 7.15. The molecule has 0 amide bonds. The number of likely N-dealkylation sites (tertiary alicyclic amines) is 1. The van der Waals surface area contributed by atoms with E-state index in [1.165, 1.54) is 25.2 Å². The highest BCUT2D eigenvalue weighted by atomic mass is 32.1. The zero-order valence-electron chi connectivity index (χ0n) is 11.0. The third-order valence-corrected chi connectivity index (χ3v) is 4.54. The van der Waals surface area contributed by atoms with Crippen LogP contribution in [0.15, 0.2) is 17.8 Å². The van der Waals surface area contributed by atoms with Crippen molar-refractivity contribution >= 4 is 16.3 Å². The fourth-order valence-electron chi connectivity index (χ4n) is 2.91. The first-order valence-corrected chi connectivity index (χ1v) is 7.35. The molecule has 1 aliphatic heterocycles. The van der Waals surface area contributed by atoms with Crippen molar-refractivity contribution in [3.8, 4) is 0 Å². The van der Waals surface area contributed by atoms with Crippen LogP contribution in [-0.4, -0.2) is 41.0 Å². The van der Waals surface area contributed by atoms with Crippen LogP contribution in [0.25, 0.3) is 4.96 Å². The second kappa shape index (κ2) is 4.64. The molecule has 3 heterocycles. The van der Waals surface area contributed by atoms with Crippen LogP contribution in [-0.2, 0) is 6.54 Å². The fraction of sp³-hybridized carbons (Fsp3) is 0.615. The summed E-state index contributed by atoms with van der Waals surface area (Å²) < 4.78 is 2.11. The summed E-state index contributed by atoms with van der Waals surface area (Å²) in [4.78, 5) is 8.27. The molecule has 2 aromatic rings. The van der Waals surface area contributed by atoms with Gasteiger partial charge < -0.3 is 5.32 Å². The van der Waals surface area contributed by atoms with E-state index in [1.807, 2.05) is 7.05 Å². The number of hydrogen-bond acceptors (Lipinski definition) is 4. The first-order chi connectivity index (χ1) is 8.68. The number of thiazole rings is 1. The third kappa shape index (κ3) is 2.30. The van der Waals surface area contributed by atoms with Crippen molar-refractivity contribution in [2.75, 3.05) is 26.7 Å². The first-order valence-electron chi connectivity index (χ1n) is 6.47. The summed E-state index contributed by atoms with van der Waals surface area (Å²) in [5.41, 5.74) is 1.61. The molecule has 5 heteroatoms. The van der Waals surface area contributed by atoms with E-state index in [2.05, 4.69) is 44.3 Å². The minimum atomic E-state index is 0.422. The molecule has 1 aliphatic rings. The summed E-state index contributed by atoms with van der Waals surface area (Å²) in [6, 6.07) is 0. The van der Waals surface area contributed by atoms with Crippen LogP contribution in [0.3, 0.4) is 0 Å². The zero-order valence-corrected chi connectivity index (χ0v) is 11.8. The lowest BCUT2D eigenvalue weighted by Crippen LogP contribution is -2.32. The molecule has 1 saturated heterocycles. The average molecular weight is 264 g/mol. The Morgan fingerprint density at radius 1 is 1.56 bits per heavy atom. The molecule has 0 radical (unpaired) electrons.